The van der Waals surface area contributed by atoms with Gasteiger partial charge in [-0.05, 0) is 24.5 Å². The van der Waals surface area contributed by atoms with E-state index >= 15 is 0 Å². The van der Waals surface area contributed by atoms with E-state index in [9.17, 15) is 9.59 Å². The van der Waals surface area contributed by atoms with E-state index in [1.54, 1.807) is 6.08 Å². The number of likely N-dealkylation sites (tertiary alicyclic amines) is 1. The molecular weight excluding hydrogens is 264 g/mol. The third-order valence-electron chi connectivity index (χ3n) is 4.07. The maximum Gasteiger partial charge on any atom is 0.233 e. The SMILES string of the molecule is C=CCC1CC(=O)N(CCc2c[nH]c3ccccc23)C1=O. The van der Waals surface area contributed by atoms with E-state index in [2.05, 4.69) is 17.6 Å². The van der Waals surface area contributed by atoms with Crippen LogP contribution in [0.15, 0.2) is 43.1 Å². The maximum atomic E-state index is 12.2. The number of imide groups is 1. The number of para-hydroxylation sites is 1. The molecule has 1 aliphatic heterocycles. The van der Waals surface area contributed by atoms with Crippen molar-refractivity contribution in [1.29, 1.82) is 0 Å². The van der Waals surface area contributed by atoms with E-state index < -0.39 is 0 Å². The Morgan fingerprint density at radius 2 is 2.14 bits per heavy atom. The van der Waals surface area contributed by atoms with Crippen molar-refractivity contribution < 1.29 is 9.59 Å². The van der Waals surface area contributed by atoms with Crippen molar-refractivity contribution in [1.82, 2.24) is 9.88 Å². The van der Waals surface area contributed by atoms with Crippen LogP contribution in [0.4, 0.5) is 0 Å². The molecule has 1 N–H and O–H groups in total. The minimum atomic E-state index is -0.210. The second-order valence-corrected chi connectivity index (χ2v) is 5.42. The fourth-order valence-corrected chi connectivity index (χ4v) is 2.94. The highest BCUT2D eigenvalue weighted by Crippen LogP contribution is 2.24. The van der Waals surface area contributed by atoms with Gasteiger partial charge in [-0.1, -0.05) is 24.3 Å². The van der Waals surface area contributed by atoms with Crippen molar-refractivity contribution in [2.24, 2.45) is 5.92 Å². The predicted octanol–water partition coefficient (Wildman–Crippen LogP) is 2.66. The first-order chi connectivity index (χ1) is 10.2. The lowest BCUT2D eigenvalue weighted by Crippen LogP contribution is -2.32. The largest absolute Gasteiger partial charge is 0.361 e. The van der Waals surface area contributed by atoms with E-state index in [0.717, 1.165) is 16.5 Å². The molecule has 1 fully saturated rings. The minimum absolute atomic E-state index is 0.0558. The molecule has 3 rings (SSSR count). The molecular formula is C17H18N2O2. The molecule has 21 heavy (non-hydrogen) atoms. The summed E-state index contributed by atoms with van der Waals surface area (Å²) in [5.74, 6) is -0.329. The fourth-order valence-electron chi connectivity index (χ4n) is 2.94. The van der Waals surface area contributed by atoms with Crippen LogP contribution in [0.5, 0.6) is 0 Å². The van der Waals surface area contributed by atoms with Gasteiger partial charge in [-0.2, -0.15) is 0 Å². The lowest BCUT2D eigenvalue weighted by atomic mass is 10.0. The Balaban J connectivity index is 1.71. The number of amides is 2. The summed E-state index contributed by atoms with van der Waals surface area (Å²) < 4.78 is 0. The first-order valence-corrected chi connectivity index (χ1v) is 7.21. The van der Waals surface area contributed by atoms with Crippen molar-refractivity contribution in [3.63, 3.8) is 0 Å². The summed E-state index contributed by atoms with van der Waals surface area (Å²) in [4.78, 5) is 28.7. The summed E-state index contributed by atoms with van der Waals surface area (Å²) in [7, 11) is 0. The Hall–Kier alpha value is -2.36. The number of carbonyl (C=O) groups excluding carboxylic acids is 2. The highest BCUT2D eigenvalue weighted by Gasteiger charge is 2.37. The highest BCUT2D eigenvalue weighted by atomic mass is 16.2. The van der Waals surface area contributed by atoms with Gasteiger partial charge < -0.3 is 4.98 Å². The molecule has 108 valence electrons. The number of rotatable bonds is 5. The van der Waals surface area contributed by atoms with Crippen molar-refractivity contribution in [2.75, 3.05) is 6.54 Å². The maximum absolute atomic E-state index is 12.2. The average molecular weight is 282 g/mol. The van der Waals surface area contributed by atoms with Crippen LogP contribution >= 0.6 is 0 Å². The van der Waals surface area contributed by atoms with Gasteiger partial charge in [-0.15, -0.1) is 6.58 Å². The van der Waals surface area contributed by atoms with Gasteiger partial charge in [0.25, 0.3) is 0 Å². The molecule has 4 heteroatoms. The standard InChI is InChI=1S/C17H18N2O2/c1-2-5-12-10-16(20)19(17(12)21)9-8-13-11-18-15-7-4-3-6-14(13)15/h2-4,6-7,11-12,18H,1,5,8-10H2. The summed E-state index contributed by atoms with van der Waals surface area (Å²) >= 11 is 0. The lowest BCUT2D eigenvalue weighted by Gasteiger charge is -2.14. The molecule has 1 aromatic carbocycles. The first-order valence-electron chi connectivity index (χ1n) is 7.21. The Labute approximate surface area is 123 Å². The van der Waals surface area contributed by atoms with Gasteiger partial charge in [0, 0.05) is 30.1 Å². The molecule has 2 heterocycles. The lowest BCUT2D eigenvalue weighted by molar-refractivity contribution is -0.139. The number of aromatic nitrogens is 1. The topological polar surface area (TPSA) is 53.2 Å². The second-order valence-electron chi connectivity index (χ2n) is 5.42. The van der Waals surface area contributed by atoms with Crippen LogP contribution in [0.2, 0.25) is 0 Å². The number of benzene rings is 1. The summed E-state index contributed by atoms with van der Waals surface area (Å²) in [6.07, 6.45) is 5.24. The highest BCUT2D eigenvalue weighted by molar-refractivity contribution is 6.03. The number of allylic oxidation sites excluding steroid dienone is 1. The van der Waals surface area contributed by atoms with Crippen molar-refractivity contribution in [2.45, 2.75) is 19.3 Å². The monoisotopic (exact) mass is 282 g/mol. The summed E-state index contributed by atoms with van der Waals surface area (Å²) in [6, 6.07) is 8.04. The van der Waals surface area contributed by atoms with E-state index in [1.165, 1.54) is 4.90 Å². The number of carbonyl (C=O) groups is 2. The predicted molar refractivity (Wildman–Crippen MR) is 81.6 cm³/mol. The zero-order valence-electron chi connectivity index (χ0n) is 11.8. The molecule has 2 amide bonds. The van der Waals surface area contributed by atoms with Gasteiger partial charge >= 0.3 is 0 Å². The van der Waals surface area contributed by atoms with E-state index in [1.807, 2.05) is 24.4 Å². The van der Waals surface area contributed by atoms with Gasteiger partial charge in [0.15, 0.2) is 0 Å². The van der Waals surface area contributed by atoms with Gasteiger partial charge in [0.1, 0.15) is 0 Å². The minimum Gasteiger partial charge on any atom is -0.361 e. The molecule has 4 nitrogen and oxygen atoms in total. The van der Waals surface area contributed by atoms with Crippen molar-refractivity contribution in [3.05, 3.63) is 48.7 Å². The van der Waals surface area contributed by atoms with E-state index in [0.29, 0.717) is 25.8 Å². The van der Waals surface area contributed by atoms with Gasteiger partial charge in [0.2, 0.25) is 11.8 Å². The smallest absolute Gasteiger partial charge is 0.233 e. The molecule has 0 aliphatic carbocycles. The number of hydrogen-bond acceptors (Lipinski definition) is 2. The molecule has 0 spiro atoms. The number of fused-ring (bicyclic) bond motifs is 1. The molecule has 0 radical (unpaired) electrons. The number of nitrogens with one attached hydrogen (secondary N) is 1. The molecule has 1 atom stereocenters. The first kappa shape index (κ1) is 13.6. The molecule has 1 aliphatic rings. The Kier molecular flexibility index (Phi) is 3.60. The van der Waals surface area contributed by atoms with E-state index in [4.69, 9.17) is 0 Å². The van der Waals surface area contributed by atoms with Crippen LogP contribution in [0.3, 0.4) is 0 Å². The van der Waals surface area contributed by atoms with Crippen LogP contribution < -0.4 is 0 Å². The Morgan fingerprint density at radius 3 is 2.95 bits per heavy atom. The molecule has 1 unspecified atom stereocenters. The third kappa shape index (κ3) is 2.49. The third-order valence-corrected chi connectivity index (χ3v) is 4.07. The van der Waals surface area contributed by atoms with Crippen LogP contribution in [-0.2, 0) is 16.0 Å². The summed E-state index contributed by atoms with van der Waals surface area (Å²) in [6.45, 7) is 4.09. The average Bonchev–Trinajstić information content (AvgIpc) is 3.00. The normalized spacial score (nSPS) is 18.7. The zero-order chi connectivity index (χ0) is 14.8. The molecule has 1 aromatic heterocycles. The Bertz CT molecular complexity index is 702. The quantitative estimate of drug-likeness (QED) is 0.677. The summed E-state index contributed by atoms with van der Waals surface area (Å²) in [5, 5.41) is 1.15. The number of hydrogen-bond donors (Lipinski definition) is 1. The van der Waals surface area contributed by atoms with Crippen LogP contribution in [0.1, 0.15) is 18.4 Å². The zero-order valence-corrected chi connectivity index (χ0v) is 11.8. The Morgan fingerprint density at radius 1 is 1.33 bits per heavy atom. The second kappa shape index (κ2) is 5.56. The summed E-state index contributed by atoms with van der Waals surface area (Å²) in [5.41, 5.74) is 2.22. The van der Waals surface area contributed by atoms with Gasteiger partial charge in [0.05, 0.1) is 5.92 Å². The van der Waals surface area contributed by atoms with Gasteiger partial charge in [-0.3, -0.25) is 14.5 Å². The number of aromatic amines is 1. The van der Waals surface area contributed by atoms with Crippen molar-refractivity contribution >= 4 is 22.7 Å². The molecule has 2 aromatic rings. The molecule has 1 saturated heterocycles. The van der Waals surface area contributed by atoms with Crippen LogP contribution in [0, 0.1) is 5.92 Å². The van der Waals surface area contributed by atoms with E-state index in [-0.39, 0.29) is 17.7 Å². The fraction of sp³-hybridized carbons (Fsp3) is 0.294. The van der Waals surface area contributed by atoms with Crippen LogP contribution in [-0.4, -0.2) is 28.2 Å². The van der Waals surface area contributed by atoms with Gasteiger partial charge in [-0.25, -0.2) is 0 Å². The van der Waals surface area contributed by atoms with Crippen molar-refractivity contribution in [3.8, 4) is 0 Å². The molecule has 0 bridgehead atoms. The number of nitrogens with zero attached hydrogens (tertiary/aromatic N) is 1. The number of H-pyrrole nitrogens is 1. The molecule has 0 saturated carbocycles. The van der Waals surface area contributed by atoms with Crippen LogP contribution in [0.25, 0.3) is 10.9 Å².